The van der Waals surface area contributed by atoms with Gasteiger partial charge < -0.3 is 4.90 Å². The predicted molar refractivity (Wildman–Crippen MR) is 85.8 cm³/mol. The smallest absolute Gasteiger partial charge is 0.125 e. The van der Waals surface area contributed by atoms with Gasteiger partial charge in [-0.25, -0.2) is 8.78 Å². The number of halogens is 2. The zero-order chi connectivity index (χ0) is 15.5. The van der Waals surface area contributed by atoms with Gasteiger partial charge in [0.25, 0.3) is 0 Å². The molecule has 0 heterocycles. The Hall–Kier alpha value is -2.68. The van der Waals surface area contributed by atoms with Crippen molar-refractivity contribution in [2.75, 3.05) is 4.90 Å². The Morgan fingerprint density at radius 2 is 1.09 bits per heavy atom. The molecule has 0 N–H and O–H groups in total. The molecule has 3 aromatic carbocycles. The molecule has 0 aliphatic carbocycles. The van der Waals surface area contributed by atoms with Gasteiger partial charge in [0.2, 0.25) is 0 Å². The predicted octanol–water partition coefficient (Wildman–Crippen LogP) is 5.74. The number of anilines is 3. The minimum absolute atomic E-state index is 0.327. The van der Waals surface area contributed by atoms with Crippen LogP contribution in [0.2, 0.25) is 0 Å². The number of nitrogens with zero attached hydrogens (tertiary/aromatic N) is 1. The van der Waals surface area contributed by atoms with Crippen LogP contribution in [-0.4, -0.2) is 0 Å². The molecule has 0 bridgehead atoms. The number of hydrogen-bond acceptors (Lipinski definition) is 1. The van der Waals surface area contributed by atoms with E-state index < -0.39 is 0 Å². The van der Waals surface area contributed by atoms with Gasteiger partial charge in [-0.3, -0.25) is 0 Å². The van der Waals surface area contributed by atoms with E-state index in [1.165, 1.54) is 24.3 Å². The quantitative estimate of drug-likeness (QED) is 0.595. The Morgan fingerprint density at radius 3 is 1.55 bits per heavy atom. The second-order valence-electron chi connectivity index (χ2n) is 5.13. The topological polar surface area (TPSA) is 3.24 Å². The Labute approximate surface area is 128 Å². The molecule has 0 aromatic heterocycles. The molecular weight excluding hydrogens is 280 g/mol. The van der Waals surface area contributed by atoms with E-state index in [1.54, 1.807) is 24.3 Å². The average molecular weight is 295 g/mol. The zero-order valence-electron chi connectivity index (χ0n) is 12.1. The normalized spacial score (nSPS) is 10.5. The summed E-state index contributed by atoms with van der Waals surface area (Å²) in [5, 5.41) is 0. The molecule has 0 spiro atoms. The molecule has 3 rings (SSSR count). The van der Waals surface area contributed by atoms with Crippen LogP contribution in [0.3, 0.4) is 0 Å². The van der Waals surface area contributed by atoms with Crippen molar-refractivity contribution in [1.82, 2.24) is 0 Å². The monoisotopic (exact) mass is 295 g/mol. The molecule has 110 valence electrons. The average Bonchev–Trinajstić information content (AvgIpc) is 2.48. The Kier molecular flexibility index (Phi) is 3.88. The number of hydrogen-bond donors (Lipinski definition) is 0. The van der Waals surface area contributed by atoms with Crippen LogP contribution in [0.25, 0.3) is 0 Å². The van der Waals surface area contributed by atoms with Crippen molar-refractivity contribution in [3.05, 3.63) is 90.0 Å². The van der Waals surface area contributed by atoms with Gasteiger partial charge >= 0.3 is 0 Å². The van der Waals surface area contributed by atoms with Gasteiger partial charge in [-0.15, -0.1) is 0 Å². The van der Waals surface area contributed by atoms with E-state index in [0.717, 1.165) is 11.3 Å². The highest BCUT2D eigenvalue weighted by Gasteiger charge is 2.13. The largest absolute Gasteiger partial charge is 0.310 e. The maximum Gasteiger partial charge on any atom is 0.125 e. The lowest BCUT2D eigenvalue weighted by Crippen LogP contribution is -2.10. The van der Waals surface area contributed by atoms with Gasteiger partial charge in [-0.1, -0.05) is 24.3 Å². The highest BCUT2D eigenvalue weighted by molar-refractivity contribution is 5.76. The molecule has 0 atom stereocenters. The number of benzene rings is 3. The van der Waals surface area contributed by atoms with Gasteiger partial charge in [0.1, 0.15) is 11.6 Å². The third-order valence-electron chi connectivity index (χ3n) is 3.39. The lowest BCUT2D eigenvalue weighted by atomic mass is 10.1. The van der Waals surface area contributed by atoms with Crippen LogP contribution in [0.15, 0.2) is 72.8 Å². The van der Waals surface area contributed by atoms with Gasteiger partial charge in [0, 0.05) is 17.1 Å². The van der Waals surface area contributed by atoms with E-state index in [4.69, 9.17) is 0 Å². The van der Waals surface area contributed by atoms with Crippen LogP contribution in [0, 0.1) is 18.6 Å². The van der Waals surface area contributed by atoms with Crippen molar-refractivity contribution in [1.29, 1.82) is 0 Å². The summed E-state index contributed by atoms with van der Waals surface area (Å²) in [6.07, 6.45) is 0. The summed E-state index contributed by atoms with van der Waals surface area (Å²) in [4.78, 5) is 1.83. The third-order valence-corrected chi connectivity index (χ3v) is 3.39. The van der Waals surface area contributed by atoms with E-state index in [1.807, 2.05) is 36.1 Å². The van der Waals surface area contributed by atoms with Gasteiger partial charge in [-0.05, 0) is 61.0 Å². The van der Waals surface area contributed by atoms with Gasteiger partial charge in [0.05, 0.1) is 0 Å². The van der Waals surface area contributed by atoms with Crippen LogP contribution in [0.1, 0.15) is 5.56 Å². The second-order valence-corrected chi connectivity index (χ2v) is 5.13. The first-order valence-corrected chi connectivity index (χ1v) is 7.01. The highest BCUT2D eigenvalue weighted by Crippen LogP contribution is 2.35. The SMILES string of the molecule is Cc1cccc(N(c2cccc(F)c2)c2cccc(F)c2)c1. The molecule has 0 saturated carbocycles. The highest BCUT2D eigenvalue weighted by atomic mass is 19.1. The maximum absolute atomic E-state index is 13.6. The van der Waals surface area contributed by atoms with E-state index in [9.17, 15) is 8.78 Å². The summed E-state index contributed by atoms with van der Waals surface area (Å²) in [6.45, 7) is 1.98. The van der Waals surface area contributed by atoms with Gasteiger partial charge in [-0.2, -0.15) is 0 Å². The first kappa shape index (κ1) is 14.3. The summed E-state index contributed by atoms with van der Waals surface area (Å²) >= 11 is 0. The molecular formula is C19H15F2N. The third kappa shape index (κ3) is 2.98. The molecule has 0 aliphatic heterocycles. The minimum Gasteiger partial charge on any atom is -0.310 e. The van der Waals surface area contributed by atoms with Crippen LogP contribution >= 0.6 is 0 Å². The van der Waals surface area contributed by atoms with Crippen LogP contribution in [0.4, 0.5) is 25.8 Å². The Morgan fingerprint density at radius 1 is 0.636 bits per heavy atom. The molecule has 0 saturated heterocycles. The van der Waals surface area contributed by atoms with Crippen molar-refractivity contribution >= 4 is 17.1 Å². The van der Waals surface area contributed by atoms with E-state index in [-0.39, 0.29) is 11.6 Å². The summed E-state index contributed by atoms with van der Waals surface area (Å²) in [7, 11) is 0. The first-order chi connectivity index (χ1) is 10.6. The van der Waals surface area contributed by atoms with Crippen molar-refractivity contribution in [3.8, 4) is 0 Å². The van der Waals surface area contributed by atoms with Crippen molar-refractivity contribution in [2.45, 2.75) is 6.92 Å². The molecule has 1 nitrogen and oxygen atoms in total. The lowest BCUT2D eigenvalue weighted by molar-refractivity contribution is 0.627. The number of rotatable bonds is 3. The van der Waals surface area contributed by atoms with E-state index in [0.29, 0.717) is 11.4 Å². The van der Waals surface area contributed by atoms with Crippen LogP contribution in [0.5, 0.6) is 0 Å². The second kappa shape index (κ2) is 5.98. The van der Waals surface area contributed by atoms with Crippen LogP contribution in [-0.2, 0) is 0 Å². The summed E-state index contributed by atoms with van der Waals surface area (Å²) < 4.78 is 27.2. The molecule has 0 amide bonds. The maximum atomic E-state index is 13.6. The van der Waals surface area contributed by atoms with Crippen molar-refractivity contribution < 1.29 is 8.78 Å². The molecule has 3 heteroatoms. The first-order valence-electron chi connectivity index (χ1n) is 7.01. The molecule has 0 unspecified atom stereocenters. The van der Waals surface area contributed by atoms with Crippen molar-refractivity contribution in [3.63, 3.8) is 0 Å². The number of aryl methyl sites for hydroxylation is 1. The molecule has 0 radical (unpaired) electrons. The minimum atomic E-state index is -0.327. The molecule has 0 fully saturated rings. The fourth-order valence-electron chi connectivity index (χ4n) is 2.44. The molecule has 0 aliphatic rings. The van der Waals surface area contributed by atoms with Crippen molar-refractivity contribution in [2.24, 2.45) is 0 Å². The standard InChI is InChI=1S/C19H15F2N/c1-14-5-2-8-17(11-14)22(18-9-3-6-15(20)12-18)19-10-4-7-16(21)13-19/h2-13H,1H3. The Bertz CT molecular complexity index is 691. The summed E-state index contributed by atoms with van der Waals surface area (Å²) in [5.74, 6) is -0.655. The Balaban J connectivity index is 2.18. The fourth-order valence-corrected chi connectivity index (χ4v) is 2.44. The summed E-state index contributed by atoms with van der Waals surface area (Å²) in [5.41, 5.74) is 3.24. The fraction of sp³-hybridized carbons (Fsp3) is 0.0526. The zero-order valence-corrected chi connectivity index (χ0v) is 12.1. The van der Waals surface area contributed by atoms with E-state index in [2.05, 4.69) is 0 Å². The van der Waals surface area contributed by atoms with Gasteiger partial charge in [0.15, 0.2) is 0 Å². The van der Waals surface area contributed by atoms with Crippen LogP contribution < -0.4 is 4.90 Å². The summed E-state index contributed by atoms with van der Waals surface area (Å²) in [6, 6.07) is 20.4. The molecule has 3 aromatic rings. The molecule has 22 heavy (non-hydrogen) atoms. The lowest BCUT2D eigenvalue weighted by Gasteiger charge is -2.25. The van der Waals surface area contributed by atoms with E-state index >= 15 is 0 Å².